The molecule has 2 aliphatic carbocycles. The summed E-state index contributed by atoms with van der Waals surface area (Å²) in [4.78, 5) is 23.8. The predicted molar refractivity (Wildman–Crippen MR) is 71.6 cm³/mol. The Kier molecular flexibility index (Phi) is 4.94. The molecule has 0 aromatic carbocycles. The number of rotatable bonds is 7. The number of esters is 1. The Morgan fingerprint density at radius 2 is 2.15 bits per heavy atom. The summed E-state index contributed by atoms with van der Waals surface area (Å²) in [6.45, 7) is 6.04. The van der Waals surface area contributed by atoms with Gasteiger partial charge in [0.25, 0.3) is 0 Å². The maximum absolute atomic E-state index is 12.1. The van der Waals surface area contributed by atoms with Crippen LogP contribution in [0.1, 0.15) is 33.6 Å². The molecule has 5 unspecified atom stereocenters. The first-order valence-corrected chi connectivity index (χ1v) is 7.26. The first-order chi connectivity index (χ1) is 9.56. The average Bonchev–Trinajstić information content (AvgIpc) is 2.93. The first-order valence-electron chi connectivity index (χ1n) is 7.26. The van der Waals surface area contributed by atoms with Crippen molar-refractivity contribution in [2.75, 3.05) is 6.61 Å². The molecule has 0 aliphatic heterocycles. The molecule has 112 valence electrons. The molecule has 0 aromatic heterocycles. The molecular formula is C15H22O5. The maximum Gasteiger partial charge on any atom is 0.312 e. The van der Waals surface area contributed by atoms with E-state index in [1.54, 1.807) is 6.92 Å². The second kappa shape index (κ2) is 6.50. The van der Waals surface area contributed by atoms with Crippen LogP contribution < -0.4 is 0 Å². The van der Waals surface area contributed by atoms with Crippen molar-refractivity contribution in [3.05, 3.63) is 12.2 Å². The van der Waals surface area contributed by atoms with Crippen LogP contribution in [0, 0.1) is 17.8 Å². The molecule has 5 atom stereocenters. The number of allylic oxidation sites excluding steroid dienone is 2. The van der Waals surface area contributed by atoms with Gasteiger partial charge in [-0.2, -0.15) is 0 Å². The lowest BCUT2D eigenvalue weighted by molar-refractivity contribution is -0.237. The van der Waals surface area contributed by atoms with Crippen LogP contribution in [0.5, 0.6) is 0 Å². The molecule has 1 saturated carbocycles. The smallest absolute Gasteiger partial charge is 0.312 e. The zero-order chi connectivity index (χ0) is 14.7. The quantitative estimate of drug-likeness (QED) is 0.406. The zero-order valence-corrected chi connectivity index (χ0v) is 12.2. The van der Waals surface area contributed by atoms with Crippen LogP contribution in [0.3, 0.4) is 0 Å². The molecule has 0 saturated heterocycles. The Hall–Kier alpha value is -1.20. The molecule has 5 heteroatoms. The third-order valence-electron chi connectivity index (χ3n) is 3.80. The van der Waals surface area contributed by atoms with E-state index in [1.807, 2.05) is 26.0 Å². The van der Waals surface area contributed by atoms with Crippen molar-refractivity contribution in [2.45, 2.75) is 46.2 Å². The topological polar surface area (TPSA) is 61.8 Å². The summed E-state index contributed by atoms with van der Waals surface area (Å²) in [5.41, 5.74) is 0. The molecule has 5 nitrogen and oxygen atoms in total. The van der Waals surface area contributed by atoms with E-state index in [0.29, 0.717) is 19.4 Å². The molecule has 0 radical (unpaired) electrons. The van der Waals surface area contributed by atoms with Gasteiger partial charge in [0.2, 0.25) is 6.29 Å². The van der Waals surface area contributed by atoms with Crippen molar-refractivity contribution < 1.29 is 23.8 Å². The van der Waals surface area contributed by atoms with E-state index in [0.717, 1.165) is 0 Å². The number of ketones is 1. The van der Waals surface area contributed by atoms with E-state index < -0.39 is 6.29 Å². The van der Waals surface area contributed by atoms with Crippen LogP contribution in [0.2, 0.25) is 0 Å². The van der Waals surface area contributed by atoms with Crippen LogP contribution in [0.4, 0.5) is 0 Å². The summed E-state index contributed by atoms with van der Waals surface area (Å²) in [5, 5.41) is 0. The number of Topliss-reactive ketones (excluding diaryl/α,β-unsaturated/α-hetero) is 1. The van der Waals surface area contributed by atoms with Crippen molar-refractivity contribution in [1.29, 1.82) is 0 Å². The van der Waals surface area contributed by atoms with E-state index in [9.17, 15) is 9.59 Å². The second-order valence-corrected chi connectivity index (χ2v) is 5.20. The number of hydrogen-bond donors (Lipinski definition) is 0. The Balaban J connectivity index is 1.83. The van der Waals surface area contributed by atoms with E-state index in [4.69, 9.17) is 14.2 Å². The first kappa shape index (κ1) is 15.2. The summed E-state index contributed by atoms with van der Waals surface area (Å²) >= 11 is 0. The highest BCUT2D eigenvalue weighted by molar-refractivity contribution is 5.96. The number of carbonyl (C=O) groups is 2. The maximum atomic E-state index is 12.1. The van der Waals surface area contributed by atoms with Crippen LogP contribution in [-0.4, -0.2) is 30.9 Å². The Morgan fingerprint density at radius 3 is 2.65 bits per heavy atom. The fraction of sp³-hybridized carbons (Fsp3) is 0.733. The van der Waals surface area contributed by atoms with Gasteiger partial charge in [-0.15, -0.1) is 0 Å². The van der Waals surface area contributed by atoms with Crippen LogP contribution in [-0.2, 0) is 23.8 Å². The van der Waals surface area contributed by atoms with E-state index in [2.05, 4.69) is 0 Å². The van der Waals surface area contributed by atoms with Gasteiger partial charge >= 0.3 is 5.97 Å². The van der Waals surface area contributed by atoms with Gasteiger partial charge in [-0.3, -0.25) is 9.59 Å². The monoisotopic (exact) mass is 282 g/mol. The largest absolute Gasteiger partial charge is 0.436 e. The Morgan fingerprint density at radius 1 is 1.40 bits per heavy atom. The number of hydrogen-bond acceptors (Lipinski definition) is 5. The molecule has 2 rings (SSSR count). The summed E-state index contributed by atoms with van der Waals surface area (Å²) in [6.07, 6.45) is 3.92. The van der Waals surface area contributed by atoms with Crippen molar-refractivity contribution in [3.8, 4) is 0 Å². The molecule has 2 aliphatic rings. The van der Waals surface area contributed by atoms with Crippen molar-refractivity contribution in [3.63, 3.8) is 0 Å². The number of carbonyl (C=O) groups excluding carboxylic acids is 2. The lowest BCUT2D eigenvalue weighted by atomic mass is 9.94. The molecule has 0 amide bonds. The average molecular weight is 282 g/mol. The van der Waals surface area contributed by atoms with Gasteiger partial charge in [-0.05, 0) is 26.7 Å². The number of fused-ring (bicyclic) bond motifs is 2. The molecule has 1 fully saturated rings. The highest BCUT2D eigenvalue weighted by Gasteiger charge is 2.47. The lowest BCUT2D eigenvalue weighted by Crippen LogP contribution is -2.30. The summed E-state index contributed by atoms with van der Waals surface area (Å²) in [5.74, 6) is -0.958. The minimum absolute atomic E-state index is 0.0967. The molecule has 0 spiro atoms. The number of ether oxygens (including phenoxy) is 3. The Bertz CT molecular complexity index is 403. The minimum Gasteiger partial charge on any atom is -0.436 e. The highest BCUT2D eigenvalue weighted by atomic mass is 16.8. The van der Waals surface area contributed by atoms with Crippen LogP contribution >= 0.6 is 0 Å². The fourth-order valence-corrected chi connectivity index (χ4v) is 2.81. The van der Waals surface area contributed by atoms with Gasteiger partial charge in [-0.1, -0.05) is 19.1 Å². The molecule has 0 aromatic rings. The summed E-state index contributed by atoms with van der Waals surface area (Å²) < 4.78 is 16.2. The Labute approximate surface area is 119 Å². The van der Waals surface area contributed by atoms with Gasteiger partial charge in [0.1, 0.15) is 5.78 Å². The molecular weight excluding hydrogens is 260 g/mol. The third-order valence-corrected chi connectivity index (χ3v) is 3.80. The molecule has 20 heavy (non-hydrogen) atoms. The third kappa shape index (κ3) is 3.10. The highest BCUT2D eigenvalue weighted by Crippen LogP contribution is 2.41. The normalized spacial score (nSPS) is 30.6. The van der Waals surface area contributed by atoms with Gasteiger partial charge in [-0.25, -0.2) is 0 Å². The van der Waals surface area contributed by atoms with Crippen molar-refractivity contribution in [1.82, 2.24) is 0 Å². The molecule has 2 bridgehead atoms. The van der Waals surface area contributed by atoms with Crippen molar-refractivity contribution >= 4 is 11.8 Å². The zero-order valence-electron chi connectivity index (χ0n) is 12.2. The second-order valence-electron chi connectivity index (χ2n) is 5.20. The van der Waals surface area contributed by atoms with E-state index in [-0.39, 0.29) is 35.8 Å². The van der Waals surface area contributed by atoms with Crippen LogP contribution in [0.25, 0.3) is 0 Å². The standard InChI is InChI=1S/C15H22O5/c1-4-13(18-5-2)19-9(3)20-15(17)12-8-10-6-7-11(12)14(10)16/h6-7,9-13H,4-5,8H2,1-3H3. The van der Waals surface area contributed by atoms with Crippen LogP contribution in [0.15, 0.2) is 12.2 Å². The van der Waals surface area contributed by atoms with Gasteiger partial charge in [0.15, 0.2) is 6.29 Å². The van der Waals surface area contributed by atoms with Gasteiger partial charge < -0.3 is 14.2 Å². The van der Waals surface area contributed by atoms with Gasteiger partial charge in [0, 0.05) is 18.4 Å². The van der Waals surface area contributed by atoms with Crippen molar-refractivity contribution in [2.24, 2.45) is 17.8 Å². The predicted octanol–water partition coefficient (Wildman–Crippen LogP) is 2.06. The van der Waals surface area contributed by atoms with E-state index >= 15 is 0 Å². The minimum atomic E-state index is -0.669. The summed E-state index contributed by atoms with van der Waals surface area (Å²) in [7, 11) is 0. The molecule has 0 heterocycles. The molecule has 0 N–H and O–H groups in total. The van der Waals surface area contributed by atoms with Gasteiger partial charge in [0.05, 0.1) is 5.92 Å². The summed E-state index contributed by atoms with van der Waals surface area (Å²) in [6, 6.07) is 0. The SMILES string of the molecule is CCOC(CC)OC(C)OC(=O)C1CC2C=CC1C2=O. The van der Waals surface area contributed by atoms with E-state index in [1.165, 1.54) is 0 Å². The lowest BCUT2D eigenvalue weighted by Gasteiger charge is -2.23. The fourth-order valence-electron chi connectivity index (χ4n) is 2.81.